The number of anilines is 2. The number of rotatable bonds is 11. The van der Waals surface area contributed by atoms with Gasteiger partial charge in [0, 0.05) is 57.3 Å². The Labute approximate surface area is 219 Å². The fourth-order valence-electron chi connectivity index (χ4n) is 5.20. The van der Waals surface area contributed by atoms with E-state index in [-0.39, 0.29) is 29.6 Å². The van der Waals surface area contributed by atoms with Crippen LogP contribution in [-0.2, 0) is 9.59 Å². The van der Waals surface area contributed by atoms with E-state index >= 15 is 0 Å². The van der Waals surface area contributed by atoms with Crippen LogP contribution in [-0.4, -0.2) is 71.7 Å². The van der Waals surface area contributed by atoms with Crippen LogP contribution in [0.15, 0.2) is 23.0 Å². The topological polar surface area (TPSA) is 103 Å². The Morgan fingerprint density at radius 2 is 1.97 bits per heavy atom. The van der Waals surface area contributed by atoms with Gasteiger partial charge in [-0.2, -0.15) is 4.98 Å². The highest BCUT2D eigenvalue weighted by molar-refractivity contribution is 6.39. The number of carbonyl (C=O) groups excluding carboxylic acids is 2. The van der Waals surface area contributed by atoms with Gasteiger partial charge in [-0.1, -0.05) is 26.3 Å². The number of fused-ring (bicyclic) bond motifs is 4. The molecule has 2 amide bonds. The summed E-state index contributed by atoms with van der Waals surface area (Å²) in [6.07, 6.45) is 9.98. The zero-order chi connectivity index (χ0) is 26.4. The predicted molar refractivity (Wildman–Crippen MR) is 143 cm³/mol. The second-order valence-corrected chi connectivity index (χ2v) is 10.4. The fraction of sp³-hybridized carbons (Fsp3) is 0.667. The summed E-state index contributed by atoms with van der Waals surface area (Å²) in [4.78, 5) is 42.1. The molecule has 202 valence electrons. The van der Waals surface area contributed by atoms with Crippen LogP contribution in [0.25, 0.3) is 0 Å². The van der Waals surface area contributed by atoms with Crippen molar-refractivity contribution in [3.05, 3.63) is 23.8 Å². The summed E-state index contributed by atoms with van der Waals surface area (Å²) >= 11 is 0. The molecule has 0 radical (unpaired) electrons. The predicted octanol–water partition coefficient (Wildman–Crippen LogP) is 3.54. The molecule has 0 aromatic carbocycles. The van der Waals surface area contributed by atoms with Crippen molar-refractivity contribution in [1.82, 2.24) is 20.2 Å². The lowest BCUT2D eigenvalue weighted by atomic mass is 9.94. The number of allylic oxidation sites excluding steroid dienone is 2. The SMILES string of the molecule is CCCNC(=O)C(C/C=C(\CCC)Nc1ncc(F)c(N2C[C@@H]3CC[C@H](C2)N(C(=O)C2CC2)C3)n1)=NC. The Morgan fingerprint density at radius 1 is 1.16 bits per heavy atom. The first-order chi connectivity index (χ1) is 17.9. The van der Waals surface area contributed by atoms with Gasteiger partial charge < -0.3 is 20.4 Å². The van der Waals surface area contributed by atoms with Crippen LogP contribution in [0.4, 0.5) is 16.2 Å². The standard InChI is InChI=1S/C27H40FN7O2/c1-4-6-20(10-12-23(29-3)25(36)30-13-5-2)32-27-31-14-22(28)24(33-27)34-15-18-7-11-21(17-34)35(16-18)26(37)19-8-9-19/h10,14,18-19,21H,4-9,11-13,15-17H2,1-3H3,(H,30,36)(H,31,32,33)/b20-10+,29-23?/t18-,21+/m0/s1. The second kappa shape index (κ2) is 12.5. The van der Waals surface area contributed by atoms with Crippen LogP contribution in [0.1, 0.15) is 65.2 Å². The van der Waals surface area contributed by atoms with Crippen LogP contribution in [0.5, 0.6) is 0 Å². The summed E-state index contributed by atoms with van der Waals surface area (Å²) in [5, 5.41) is 6.11. The van der Waals surface area contributed by atoms with Gasteiger partial charge in [-0.3, -0.25) is 14.6 Å². The third-order valence-electron chi connectivity index (χ3n) is 7.35. The van der Waals surface area contributed by atoms with Crippen LogP contribution >= 0.6 is 0 Å². The Morgan fingerprint density at radius 3 is 2.68 bits per heavy atom. The van der Waals surface area contributed by atoms with Crippen LogP contribution in [0.3, 0.4) is 0 Å². The lowest BCUT2D eigenvalue weighted by Crippen LogP contribution is -2.48. The molecular weight excluding hydrogens is 473 g/mol. The van der Waals surface area contributed by atoms with Crippen LogP contribution in [0.2, 0.25) is 0 Å². The van der Waals surface area contributed by atoms with Crippen molar-refractivity contribution in [2.24, 2.45) is 16.8 Å². The number of hydrogen-bond donors (Lipinski definition) is 2. The third-order valence-corrected chi connectivity index (χ3v) is 7.35. The van der Waals surface area contributed by atoms with E-state index in [1.165, 1.54) is 6.20 Å². The first kappa shape index (κ1) is 27.0. The highest BCUT2D eigenvalue weighted by Crippen LogP contribution is 2.37. The summed E-state index contributed by atoms with van der Waals surface area (Å²) in [6, 6.07) is 0.0961. The summed E-state index contributed by atoms with van der Waals surface area (Å²) in [7, 11) is 1.62. The second-order valence-electron chi connectivity index (χ2n) is 10.4. The van der Waals surface area contributed by atoms with Gasteiger partial charge in [-0.15, -0.1) is 0 Å². The van der Waals surface area contributed by atoms with Crippen molar-refractivity contribution in [2.75, 3.05) is 43.4 Å². The Balaban J connectivity index is 1.47. The van der Waals surface area contributed by atoms with Crippen molar-refractivity contribution < 1.29 is 14.0 Å². The van der Waals surface area contributed by atoms with E-state index in [1.54, 1.807) is 7.05 Å². The first-order valence-electron chi connectivity index (χ1n) is 13.7. The number of nitrogens with zero attached hydrogens (tertiary/aromatic N) is 5. The quantitative estimate of drug-likeness (QED) is 0.439. The van der Waals surface area contributed by atoms with E-state index in [0.717, 1.165) is 57.2 Å². The molecule has 1 aromatic rings. The van der Waals surface area contributed by atoms with Crippen LogP contribution in [0, 0.1) is 17.7 Å². The maximum absolute atomic E-state index is 15.0. The van der Waals surface area contributed by atoms with E-state index in [9.17, 15) is 14.0 Å². The molecule has 2 N–H and O–H groups in total. The molecule has 0 unspecified atom stereocenters. The summed E-state index contributed by atoms with van der Waals surface area (Å²) in [5.74, 6) is 0.759. The molecule has 37 heavy (non-hydrogen) atoms. The van der Waals surface area contributed by atoms with E-state index < -0.39 is 5.82 Å². The molecule has 4 aliphatic rings. The van der Waals surface area contributed by atoms with Gasteiger partial charge in [0.05, 0.1) is 6.20 Å². The van der Waals surface area contributed by atoms with Gasteiger partial charge in [0.15, 0.2) is 11.6 Å². The van der Waals surface area contributed by atoms with Gasteiger partial charge in [0.2, 0.25) is 11.9 Å². The first-order valence-corrected chi connectivity index (χ1v) is 13.7. The van der Waals surface area contributed by atoms with Gasteiger partial charge in [0.1, 0.15) is 5.71 Å². The van der Waals surface area contributed by atoms with Crippen LogP contribution < -0.4 is 15.5 Å². The van der Waals surface area contributed by atoms with Crippen molar-refractivity contribution in [2.45, 2.75) is 71.3 Å². The molecule has 4 heterocycles. The average Bonchev–Trinajstić information content (AvgIpc) is 3.76. The average molecular weight is 514 g/mol. The van der Waals surface area contributed by atoms with Gasteiger partial charge in [-0.05, 0) is 44.4 Å². The summed E-state index contributed by atoms with van der Waals surface area (Å²) < 4.78 is 15.0. The van der Waals surface area contributed by atoms with Gasteiger partial charge in [0.25, 0.3) is 5.91 Å². The van der Waals surface area contributed by atoms with Crippen molar-refractivity contribution in [3.8, 4) is 0 Å². The Kier molecular flexibility index (Phi) is 9.10. The number of aliphatic imine (C=N–C) groups is 1. The molecule has 0 spiro atoms. The van der Waals surface area contributed by atoms with E-state index in [4.69, 9.17) is 0 Å². The number of halogens is 1. The molecule has 1 aliphatic carbocycles. The number of hydrogen-bond acceptors (Lipinski definition) is 7. The van der Waals surface area contributed by atoms with Crippen molar-refractivity contribution in [3.63, 3.8) is 0 Å². The van der Waals surface area contributed by atoms with E-state index in [1.807, 2.05) is 17.9 Å². The zero-order valence-electron chi connectivity index (χ0n) is 22.3. The molecular formula is C27H40FN7O2. The number of nitrogens with one attached hydrogen (secondary N) is 2. The molecule has 2 atom stereocenters. The smallest absolute Gasteiger partial charge is 0.265 e. The fourth-order valence-corrected chi connectivity index (χ4v) is 5.20. The molecule has 9 nitrogen and oxygen atoms in total. The van der Waals surface area contributed by atoms with Gasteiger partial charge in [-0.25, -0.2) is 9.37 Å². The summed E-state index contributed by atoms with van der Waals surface area (Å²) in [6.45, 7) is 6.70. The molecule has 10 heteroatoms. The monoisotopic (exact) mass is 513 g/mol. The third kappa shape index (κ3) is 6.84. The Hall–Kier alpha value is -3.04. The Bertz CT molecular complexity index is 1040. The molecule has 1 aromatic heterocycles. The molecule has 2 bridgehead atoms. The lowest BCUT2D eigenvalue weighted by Gasteiger charge is -2.36. The zero-order valence-corrected chi connectivity index (χ0v) is 22.3. The minimum Gasteiger partial charge on any atom is -0.352 e. The summed E-state index contributed by atoms with van der Waals surface area (Å²) in [5.41, 5.74) is 1.32. The van der Waals surface area contributed by atoms with E-state index in [2.05, 4.69) is 37.4 Å². The maximum Gasteiger partial charge on any atom is 0.265 e. The highest BCUT2D eigenvalue weighted by Gasteiger charge is 2.42. The molecule has 4 fully saturated rings. The number of aromatic nitrogens is 2. The largest absolute Gasteiger partial charge is 0.352 e. The minimum atomic E-state index is -0.457. The molecule has 5 rings (SSSR count). The number of amides is 2. The lowest BCUT2D eigenvalue weighted by molar-refractivity contribution is -0.136. The van der Waals surface area contributed by atoms with Gasteiger partial charge >= 0.3 is 0 Å². The minimum absolute atomic E-state index is 0.0961. The normalized spacial score (nSPS) is 22.2. The van der Waals surface area contributed by atoms with E-state index in [0.29, 0.717) is 43.6 Å². The van der Waals surface area contributed by atoms with Crippen molar-refractivity contribution >= 4 is 29.3 Å². The molecule has 3 saturated heterocycles. The molecule has 3 aliphatic heterocycles. The maximum atomic E-state index is 15.0. The number of piperidine rings is 1. The number of carbonyl (C=O) groups is 2. The van der Waals surface area contributed by atoms with Crippen molar-refractivity contribution in [1.29, 1.82) is 0 Å². The highest BCUT2D eigenvalue weighted by atomic mass is 19.1. The molecule has 1 saturated carbocycles.